The molecule has 0 radical (unpaired) electrons. The summed E-state index contributed by atoms with van der Waals surface area (Å²) in [5, 5.41) is 0.468. The molecule has 2 heterocycles. The molecule has 3 aromatic rings. The molecule has 0 spiro atoms. The van der Waals surface area contributed by atoms with E-state index in [0.717, 1.165) is 36.4 Å². The van der Waals surface area contributed by atoms with Crippen molar-refractivity contribution in [2.45, 2.75) is 12.8 Å². The number of thiazole rings is 1. The molecular weight excluding hydrogens is 377 g/mol. The molecule has 7 heteroatoms. The lowest BCUT2D eigenvalue weighted by atomic mass is 9.99. The average Bonchev–Trinajstić information content (AvgIpc) is 3.09. The van der Waals surface area contributed by atoms with Crippen LogP contribution in [0.4, 0.5) is 4.39 Å². The summed E-state index contributed by atoms with van der Waals surface area (Å²) in [6.45, 7) is 5.32. The van der Waals surface area contributed by atoms with Gasteiger partial charge in [-0.3, -0.25) is 4.79 Å². The second kappa shape index (κ2) is 7.85. The smallest absolute Gasteiger partial charge is 0.279 e. The van der Waals surface area contributed by atoms with Crippen molar-refractivity contribution in [3.63, 3.8) is 0 Å². The number of halogens is 1. The fourth-order valence-electron chi connectivity index (χ4n) is 3.29. The highest BCUT2D eigenvalue weighted by molar-refractivity contribution is 7.20. The van der Waals surface area contributed by atoms with Crippen LogP contribution >= 0.6 is 11.3 Å². The van der Waals surface area contributed by atoms with E-state index < -0.39 is 0 Å². The molecule has 0 bridgehead atoms. The van der Waals surface area contributed by atoms with E-state index in [0.29, 0.717) is 16.5 Å². The van der Waals surface area contributed by atoms with Gasteiger partial charge in [0, 0.05) is 26.2 Å². The summed E-state index contributed by atoms with van der Waals surface area (Å²) >= 11 is 1.30. The number of hydrogen-bond donors (Lipinski definition) is 0. The van der Waals surface area contributed by atoms with Crippen LogP contribution in [0.25, 0.3) is 10.2 Å². The largest absolute Gasteiger partial charge is 0.431 e. The van der Waals surface area contributed by atoms with Gasteiger partial charge < -0.3 is 14.5 Å². The minimum absolute atomic E-state index is 0.162. The number of amides is 1. The molecule has 1 unspecified atom stereocenters. The fraction of sp³-hybridized carbons (Fsp3) is 0.333. The Balaban J connectivity index is 1.43. The highest BCUT2D eigenvalue weighted by atomic mass is 32.1. The number of rotatable bonds is 4. The monoisotopic (exact) mass is 399 g/mol. The fourth-order valence-corrected chi connectivity index (χ4v) is 4.15. The number of carbonyl (C=O) groups is 1. The molecule has 2 aromatic carbocycles. The lowest BCUT2D eigenvalue weighted by molar-refractivity contribution is -0.134. The van der Waals surface area contributed by atoms with Gasteiger partial charge in [-0.1, -0.05) is 23.5 Å². The molecule has 4 rings (SSSR count). The Morgan fingerprint density at radius 1 is 1.14 bits per heavy atom. The van der Waals surface area contributed by atoms with E-state index in [1.807, 2.05) is 36.1 Å². The SMILES string of the molecule is CC(C(=O)N1CCN(C)CC1)c1ccc(Oc2nc3ccc(F)cc3s2)cc1. The third kappa shape index (κ3) is 4.00. The van der Waals surface area contributed by atoms with Gasteiger partial charge in [0.1, 0.15) is 11.6 Å². The first-order valence-electron chi connectivity index (χ1n) is 9.31. The van der Waals surface area contributed by atoms with Gasteiger partial charge in [0.25, 0.3) is 5.19 Å². The van der Waals surface area contributed by atoms with E-state index in [1.54, 1.807) is 6.07 Å². The van der Waals surface area contributed by atoms with E-state index in [-0.39, 0.29) is 17.6 Å². The Labute approximate surface area is 167 Å². The number of hydrogen-bond acceptors (Lipinski definition) is 5. The Morgan fingerprint density at radius 3 is 2.57 bits per heavy atom. The highest BCUT2D eigenvalue weighted by Crippen LogP contribution is 2.32. The predicted molar refractivity (Wildman–Crippen MR) is 109 cm³/mol. The maximum Gasteiger partial charge on any atom is 0.279 e. The Bertz CT molecular complexity index is 981. The predicted octanol–water partition coefficient (Wildman–Crippen LogP) is 4.11. The number of likely N-dealkylation sites (N-methyl/N-ethyl adjacent to an activating group) is 1. The first-order valence-corrected chi connectivity index (χ1v) is 10.1. The molecule has 5 nitrogen and oxygen atoms in total. The summed E-state index contributed by atoms with van der Waals surface area (Å²) in [5.74, 6) is 0.325. The van der Waals surface area contributed by atoms with Crippen LogP contribution in [0.15, 0.2) is 42.5 Å². The van der Waals surface area contributed by atoms with Gasteiger partial charge in [-0.25, -0.2) is 9.37 Å². The van der Waals surface area contributed by atoms with Crippen molar-refractivity contribution < 1.29 is 13.9 Å². The molecule has 1 saturated heterocycles. The lowest BCUT2D eigenvalue weighted by Gasteiger charge is -2.34. The summed E-state index contributed by atoms with van der Waals surface area (Å²) in [4.78, 5) is 21.3. The van der Waals surface area contributed by atoms with E-state index in [9.17, 15) is 9.18 Å². The molecule has 146 valence electrons. The van der Waals surface area contributed by atoms with Crippen LogP contribution in [0.3, 0.4) is 0 Å². The number of carbonyl (C=O) groups excluding carboxylic acids is 1. The number of aromatic nitrogens is 1. The molecule has 1 aliphatic rings. The van der Waals surface area contributed by atoms with Crippen molar-refractivity contribution in [2.24, 2.45) is 0 Å². The average molecular weight is 399 g/mol. The lowest BCUT2D eigenvalue weighted by Crippen LogP contribution is -2.48. The number of benzene rings is 2. The second-order valence-corrected chi connectivity index (χ2v) is 8.11. The van der Waals surface area contributed by atoms with Crippen LogP contribution in [0.5, 0.6) is 10.9 Å². The van der Waals surface area contributed by atoms with Crippen LogP contribution in [-0.4, -0.2) is 53.9 Å². The Morgan fingerprint density at radius 2 is 1.86 bits per heavy atom. The van der Waals surface area contributed by atoms with Crippen LogP contribution in [-0.2, 0) is 4.79 Å². The molecule has 1 atom stereocenters. The molecular formula is C21H22FN3O2S. The van der Waals surface area contributed by atoms with Gasteiger partial charge in [-0.2, -0.15) is 0 Å². The van der Waals surface area contributed by atoms with Crippen molar-refractivity contribution in [2.75, 3.05) is 33.2 Å². The normalized spacial score (nSPS) is 16.3. The summed E-state index contributed by atoms with van der Waals surface area (Å²) < 4.78 is 19.9. The molecule has 0 saturated carbocycles. The quantitative estimate of drug-likeness (QED) is 0.663. The number of nitrogens with zero attached hydrogens (tertiary/aromatic N) is 3. The van der Waals surface area contributed by atoms with Crippen LogP contribution < -0.4 is 4.74 Å². The summed E-state index contributed by atoms with van der Waals surface area (Å²) in [5.41, 5.74) is 1.67. The summed E-state index contributed by atoms with van der Waals surface area (Å²) in [7, 11) is 2.08. The zero-order valence-corrected chi connectivity index (χ0v) is 16.7. The molecule has 1 aliphatic heterocycles. The number of fused-ring (bicyclic) bond motifs is 1. The Kier molecular flexibility index (Phi) is 5.28. The van der Waals surface area contributed by atoms with Crippen molar-refractivity contribution in [3.8, 4) is 10.9 Å². The van der Waals surface area contributed by atoms with Gasteiger partial charge in [0.15, 0.2) is 0 Å². The maximum absolute atomic E-state index is 13.3. The molecule has 28 heavy (non-hydrogen) atoms. The topological polar surface area (TPSA) is 45.7 Å². The standard InChI is InChI=1S/C21H22FN3O2S/c1-14(20(26)25-11-9-24(2)10-12-25)15-3-6-17(7-4-15)27-21-23-18-8-5-16(22)13-19(18)28-21/h3-8,13-14H,9-12H2,1-2H3. The van der Waals surface area contributed by atoms with Gasteiger partial charge in [-0.05, 0) is 49.9 Å². The minimum Gasteiger partial charge on any atom is -0.431 e. The van der Waals surface area contributed by atoms with E-state index in [2.05, 4.69) is 16.9 Å². The zero-order valence-electron chi connectivity index (χ0n) is 15.9. The third-order valence-electron chi connectivity index (χ3n) is 5.10. The van der Waals surface area contributed by atoms with Crippen molar-refractivity contribution in [3.05, 3.63) is 53.8 Å². The molecule has 1 amide bonds. The second-order valence-electron chi connectivity index (χ2n) is 7.11. The van der Waals surface area contributed by atoms with E-state index in [4.69, 9.17) is 4.74 Å². The van der Waals surface area contributed by atoms with Gasteiger partial charge in [0.2, 0.25) is 5.91 Å². The number of piperazine rings is 1. The zero-order chi connectivity index (χ0) is 19.7. The van der Waals surface area contributed by atoms with Gasteiger partial charge in [-0.15, -0.1) is 0 Å². The summed E-state index contributed by atoms with van der Waals surface area (Å²) in [6, 6.07) is 12.0. The third-order valence-corrected chi connectivity index (χ3v) is 6.00. The maximum atomic E-state index is 13.3. The molecule has 0 N–H and O–H groups in total. The van der Waals surface area contributed by atoms with Crippen molar-refractivity contribution in [1.82, 2.24) is 14.8 Å². The first kappa shape index (κ1) is 18.8. The highest BCUT2D eigenvalue weighted by Gasteiger charge is 2.24. The molecule has 0 aliphatic carbocycles. The first-order chi connectivity index (χ1) is 13.5. The van der Waals surface area contributed by atoms with Crippen LogP contribution in [0, 0.1) is 5.82 Å². The van der Waals surface area contributed by atoms with E-state index in [1.165, 1.54) is 23.5 Å². The van der Waals surface area contributed by atoms with Gasteiger partial charge in [0.05, 0.1) is 16.1 Å². The number of ether oxygens (including phenoxy) is 1. The van der Waals surface area contributed by atoms with Crippen molar-refractivity contribution >= 4 is 27.5 Å². The van der Waals surface area contributed by atoms with Crippen molar-refractivity contribution in [1.29, 1.82) is 0 Å². The van der Waals surface area contributed by atoms with Crippen LogP contribution in [0.2, 0.25) is 0 Å². The minimum atomic E-state index is -0.286. The molecule has 1 fully saturated rings. The summed E-state index contributed by atoms with van der Waals surface area (Å²) in [6.07, 6.45) is 0. The van der Waals surface area contributed by atoms with Gasteiger partial charge >= 0.3 is 0 Å². The Hall–Kier alpha value is -2.51. The van der Waals surface area contributed by atoms with E-state index >= 15 is 0 Å². The molecule has 1 aromatic heterocycles. The van der Waals surface area contributed by atoms with Crippen LogP contribution in [0.1, 0.15) is 18.4 Å².